The van der Waals surface area contributed by atoms with Gasteiger partial charge in [0.1, 0.15) is 5.75 Å². The van der Waals surface area contributed by atoms with E-state index in [1.54, 1.807) is 25.1 Å². The van der Waals surface area contributed by atoms with Crippen LogP contribution in [0, 0.1) is 0 Å². The van der Waals surface area contributed by atoms with Gasteiger partial charge in [0.2, 0.25) is 5.91 Å². The Hall–Kier alpha value is -2.82. The van der Waals surface area contributed by atoms with Crippen LogP contribution in [0.1, 0.15) is 37.6 Å². The number of rotatable bonds is 7. The van der Waals surface area contributed by atoms with Crippen LogP contribution in [0.3, 0.4) is 0 Å². The summed E-state index contributed by atoms with van der Waals surface area (Å²) in [5.41, 5.74) is 2.53. The minimum absolute atomic E-state index is 0.0853. The summed E-state index contributed by atoms with van der Waals surface area (Å²) in [5, 5.41) is 2.59. The molecule has 1 N–H and O–H groups in total. The van der Waals surface area contributed by atoms with Gasteiger partial charge in [-0.1, -0.05) is 24.3 Å². The van der Waals surface area contributed by atoms with Gasteiger partial charge in [-0.15, -0.1) is 0 Å². The van der Waals surface area contributed by atoms with Gasteiger partial charge in [0, 0.05) is 32.1 Å². The standard InChI is InChI=1S/C22H28N2O3/c1-15(2)27-20-11-7-9-18(14-20)17-8-6-10-19(13-17)22(26)24(5)16(3)12-21(25)23-4/h6-11,13-16H,12H2,1-5H3,(H,23,25). The highest BCUT2D eigenvalue weighted by Gasteiger charge is 2.20. The monoisotopic (exact) mass is 368 g/mol. The molecule has 2 aromatic carbocycles. The number of carbonyl (C=O) groups excluding carboxylic acids is 2. The minimum atomic E-state index is -0.191. The first-order valence-corrected chi connectivity index (χ1v) is 9.16. The summed E-state index contributed by atoms with van der Waals surface area (Å²) < 4.78 is 5.76. The lowest BCUT2D eigenvalue weighted by Gasteiger charge is -2.24. The van der Waals surface area contributed by atoms with Crippen molar-refractivity contribution in [3.8, 4) is 16.9 Å². The fourth-order valence-corrected chi connectivity index (χ4v) is 2.76. The molecule has 1 atom stereocenters. The van der Waals surface area contributed by atoms with E-state index < -0.39 is 0 Å². The van der Waals surface area contributed by atoms with Crippen LogP contribution < -0.4 is 10.1 Å². The molecule has 5 nitrogen and oxygen atoms in total. The Morgan fingerprint density at radius 2 is 1.67 bits per heavy atom. The average molecular weight is 368 g/mol. The van der Waals surface area contributed by atoms with E-state index in [4.69, 9.17) is 4.74 Å². The Morgan fingerprint density at radius 3 is 2.30 bits per heavy atom. The molecule has 0 spiro atoms. The highest BCUT2D eigenvalue weighted by molar-refractivity contribution is 5.95. The van der Waals surface area contributed by atoms with Crippen LogP contribution in [0.5, 0.6) is 5.75 Å². The number of amides is 2. The molecule has 144 valence electrons. The van der Waals surface area contributed by atoms with E-state index in [1.165, 1.54) is 0 Å². The van der Waals surface area contributed by atoms with Crippen molar-refractivity contribution in [2.24, 2.45) is 0 Å². The zero-order valence-electron chi connectivity index (χ0n) is 16.7. The normalized spacial score (nSPS) is 11.8. The van der Waals surface area contributed by atoms with E-state index >= 15 is 0 Å². The first-order valence-electron chi connectivity index (χ1n) is 9.16. The molecular formula is C22H28N2O3. The molecule has 27 heavy (non-hydrogen) atoms. The van der Waals surface area contributed by atoms with Crippen LogP contribution in [-0.2, 0) is 4.79 Å². The van der Waals surface area contributed by atoms with Gasteiger partial charge in [-0.2, -0.15) is 0 Å². The van der Waals surface area contributed by atoms with Gasteiger partial charge in [-0.05, 0) is 56.2 Å². The second kappa shape index (κ2) is 9.21. The first kappa shape index (κ1) is 20.5. The molecule has 0 bridgehead atoms. The van der Waals surface area contributed by atoms with Gasteiger partial charge in [-0.25, -0.2) is 0 Å². The molecular weight excluding hydrogens is 340 g/mol. The van der Waals surface area contributed by atoms with Crippen LogP contribution in [0.15, 0.2) is 48.5 Å². The summed E-state index contributed by atoms with van der Waals surface area (Å²) in [6.07, 6.45) is 0.371. The highest BCUT2D eigenvalue weighted by Crippen LogP contribution is 2.25. The van der Waals surface area contributed by atoms with Crippen molar-refractivity contribution >= 4 is 11.8 Å². The maximum absolute atomic E-state index is 12.8. The van der Waals surface area contributed by atoms with Gasteiger partial charge in [-0.3, -0.25) is 9.59 Å². The van der Waals surface area contributed by atoms with E-state index in [-0.39, 0.29) is 30.4 Å². The number of nitrogens with zero attached hydrogens (tertiary/aromatic N) is 1. The molecule has 0 aliphatic heterocycles. The van der Waals surface area contributed by atoms with Crippen LogP contribution >= 0.6 is 0 Å². The Balaban J connectivity index is 2.22. The molecule has 0 heterocycles. The quantitative estimate of drug-likeness (QED) is 0.810. The summed E-state index contributed by atoms with van der Waals surface area (Å²) in [6.45, 7) is 5.84. The van der Waals surface area contributed by atoms with Crippen molar-refractivity contribution in [3.63, 3.8) is 0 Å². The molecule has 1 unspecified atom stereocenters. The number of nitrogens with one attached hydrogen (secondary N) is 1. The van der Waals surface area contributed by atoms with Crippen molar-refractivity contribution in [2.75, 3.05) is 14.1 Å². The Kier molecular flexibility index (Phi) is 6.99. The van der Waals surface area contributed by atoms with Gasteiger partial charge in [0.05, 0.1) is 6.10 Å². The van der Waals surface area contributed by atoms with Crippen LogP contribution in [0.2, 0.25) is 0 Å². The lowest BCUT2D eigenvalue weighted by Crippen LogP contribution is -2.38. The number of benzene rings is 2. The Bertz CT molecular complexity index is 802. The molecule has 0 saturated heterocycles. The van der Waals surface area contributed by atoms with Gasteiger partial charge >= 0.3 is 0 Å². The lowest BCUT2D eigenvalue weighted by molar-refractivity contribution is -0.121. The number of hydrogen-bond donors (Lipinski definition) is 1. The number of hydrogen-bond acceptors (Lipinski definition) is 3. The third-order valence-corrected chi connectivity index (χ3v) is 4.39. The van der Waals surface area contributed by atoms with Crippen LogP contribution in [0.4, 0.5) is 0 Å². The maximum Gasteiger partial charge on any atom is 0.253 e. The zero-order valence-corrected chi connectivity index (χ0v) is 16.7. The van der Waals surface area contributed by atoms with Crippen molar-refractivity contribution in [2.45, 2.75) is 39.3 Å². The molecule has 0 aromatic heterocycles. The van der Waals surface area contributed by atoms with E-state index in [0.29, 0.717) is 5.56 Å². The Labute approximate surface area is 161 Å². The molecule has 2 rings (SSSR count). The third-order valence-electron chi connectivity index (χ3n) is 4.39. The van der Waals surface area contributed by atoms with E-state index in [9.17, 15) is 9.59 Å². The topological polar surface area (TPSA) is 58.6 Å². The van der Waals surface area contributed by atoms with Crippen LogP contribution in [-0.4, -0.2) is 43.0 Å². The second-order valence-electron chi connectivity index (χ2n) is 6.92. The smallest absolute Gasteiger partial charge is 0.253 e. The molecule has 0 saturated carbocycles. The summed E-state index contributed by atoms with van der Waals surface area (Å²) in [5.74, 6) is 0.608. The van der Waals surface area contributed by atoms with Crippen molar-refractivity contribution < 1.29 is 14.3 Å². The molecule has 5 heteroatoms. The van der Waals surface area contributed by atoms with Crippen molar-refractivity contribution in [1.82, 2.24) is 10.2 Å². The molecule has 0 fully saturated rings. The summed E-state index contributed by atoms with van der Waals surface area (Å²) in [6, 6.07) is 15.2. The van der Waals surface area contributed by atoms with E-state index in [2.05, 4.69) is 5.32 Å². The molecule has 2 aromatic rings. The van der Waals surface area contributed by atoms with Gasteiger partial charge in [0.25, 0.3) is 5.91 Å². The molecule has 2 amide bonds. The molecule has 0 radical (unpaired) electrons. The SMILES string of the molecule is CNC(=O)CC(C)N(C)C(=O)c1cccc(-c2cccc(OC(C)C)c2)c1. The van der Waals surface area contributed by atoms with Gasteiger partial charge < -0.3 is 15.0 Å². The van der Waals surface area contributed by atoms with Crippen LogP contribution in [0.25, 0.3) is 11.1 Å². The highest BCUT2D eigenvalue weighted by atomic mass is 16.5. The van der Waals surface area contributed by atoms with E-state index in [1.807, 2.05) is 63.2 Å². The summed E-state index contributed by atoms with van der Waals surface area (Å²) in [7, 11) is 3.32. The molecule has 0 aliphatic carbocycles. The van der Waals surface area contributed by atoms with E-state index in [0.717, 1.165) is 16.9 Å². The number of carbonyl (C=O) groups is 2. The maximum atomic E-state index is 12.8. The molecule has 0 aliphatic rings. The lowest BCUT2D eigenvalue weighted by atomic mass is 10.0. The third kappa shape index (κ3) is 5.58. The average Bonchev–Trinajstić information content (AvgIpc) is 2.66. The first-order chi connectivity index (χ1) is 12.8. The fourth-order valence-electron chi connectivity index (χ4n) is 2.76. The fraction of sp³-hybridized carbons (Fsp3) is 0.364. The number of ether oxygens (including phenoxy) is 1. The Morgan fingerprint density at radius 1 is 1.04 bits per heavy atom. The van der Waals surface area contributed by atoms with Crippen molar-refractivity contribution in [3.05, 3.63) is 54.1 Å². The summed E-state index contributed by atoms with van der Waals surface area (Å²) >= 11 is 0. The van der Waals surface area contributed by atoms with Gasteiger partial charge in [0.15, 0.2) is 0 Å². The predicted molar refractivity (Wildman–Crippen MR) is 108 cm³/mol. The second-order valence-corrected chi connectivity index (χ2v) is 6.92. The predicted octanol–water partition coefficient (Wildman–Crippen LogP) is 3.74. The van der Waals surface area contributed by atoms with Crippen molar-refractivity contribution in [1.29, 1.82) is 0 Å². The largest absolute Gasteiger partial charge is 0.491 e. The zero-order chi connectivity index (χ0) is 20.0. The minimum Gasteiger partial charge on any atom is -0.491 e. The summed E-state index contributed by atoms with van der Waals surface area (Å²) in [4.78, 5) is 26.0.